The zero-order valence-electron chi connectivity index (χ0n) is 9.12. The third kappa shape index (κ3) is 1.75. The number of rotatable bonds is 3. The van der Waals surface area contributed by atoms with Crippen molar-refractivity contribution in [3.8, 4) is 0 Å². The van der Waals surface area contributed by atoms with Gasteiger partial charge in [-0.3, -0.25) is 4.79 Å². The van der Waals surface area contributed by atoms with Gasteiger partial charge < -0.3 is 10.0 Å². The summed E-state index contributed by atoms with van der Waals surface area (Å²) in [6.07, 6.45) is 3.54. The van der Waals surface area contributed by atoms with Crippen molar-refractivity contribution >= 4 is 27.8 Å². The first kappa shape index (κ1) is 11.9. The predicted molar refractivity (Wildman–Crippen MR) is 62.4 cm³/mol. The molecule has 0 spiro atoms. The smallest absolute Gasteiger partial charge is 0.329 e. The Balaban J connectivity index is 2.21. The molecule has 0 aromatic carbocycles. The minimum atomic E-state index is -0.895. The molecule has 4 nitrogen and oxygen atoms in total. The summed E-state index contributed by atoms with van der Waals surface area (Å²) < 4.78 is 0. The molecule has 1 N–H and O–H groups in total. The lowest BCUT2D eigenvalue weighted by Gasteiger charge is -2.34. The van der Waals surface area contributed by atoms with Crippen LogP contribution in [0.25, 0.3) is 0 Å². The SMILES string of the molecule is O=C1CC(CBr)CN1C1(C(=O)O)CCCC1. The van der Waals surface area contributed by atoms with E-state index >= 15 is 0 Å². The Morgan fingerprint density at radius 2 is 2.12 bits per heavy atom. The van der Waals surface area contributed by atoms with Gasteiger partial charge in [-0.1, -0.05) is 28.8 Å². The highest BCUT2D eigenvalue weighted by Gasteiger charge is 2.51. The molecular weight excluding hydrogens is 274 g/mol. The van der Waals surface area contributed by atoms with Gasteiger partial charge in [0.2, 0.25) is 5.91 Å². The quantitative estimate of drug-likeness (QED) is 0.804. The molecule has 1 aliphatic carbocycles. The van der Waals surface area contributed by atoms with E-state index in [1.54, 1.807) is 4.90 Å². The summed E-state index contributed by atoms with van der Waals surface area (Å²) >= 11 is 3.37. The number of hydrogen-bond donors (Lipinski definition) is 1. The van der Waals surface area contributed by atoms with Crippen LogP contribution in [0.3, 0.4) is 0 Å². The zero-order valence-corrected chi connectivity index (χ0v) is 10.7. The lowest BCUT2D eigenvalue weighted by atomic mass is 9.95. The fourth-order valence-electron chi connectivity index (χ4n) is 2.86. The van der Waals surface area contributed by atoms with Crippen LogP contribution >= 0.6 is 15.9 Å². The van der Waals surface area contributed by atoms with Crippen LogP contribution in [0.4, 0.5) is 0 Å². The summed E-state index contributed by atoms with van der Waals surface area (Å²) in [5.74, 6) is -0.549. The van der Waals surface area contributed by atoms with Gasteiger partial charge in [0.15, 0.2) is 0 Å². The van der Waals surface area contributed by atoms with Crippen LogP contribution in [0.5, 0.6) is 0 Å². The van der Waals surface area contributed by atoms with Crippen LogP contribution in [-0.4, -0.2) is 39.3 Å². The molecule has 0 aromatic heterocycles. The number of alkyl halides is 1. The molecule has 90 valence electrons. The number of carboxylic acids is 1. The van der Waals surface area contributed by atoms with E-state index in [0.717, 1.165) is 18.2 Å². The molecule has 1 heterocycles. The molecule has 1 saturated carbocycles. The standard InChI is InChI=1S/C11H16BrNO3/c12-6-8-5-9(14)13(7-8)11(10(15)16)3-1-2-4-11/h8H,1-7H2,(H,15,16). The van der Waals surface area contributed by atoms with E-state index in [0.29, 0.717) is 25.8 Å². The van der Waals surface area contributed by atoms with E-state index in [1.165, 1.54) is 0 Å². The molecule has 1 unspecified atom stereocenters. The van der Waals surface area contributed by atoms with E-state index in [9.17, 15) is 14.7 Å². The normalized spacial score (nSPS) is 28.7. The molecule has 0 bridgehead atoms. The molecule has 1 aliphatic heterocycles. The first-order chi connectivity index (χ1) is 7.60. The number of hydrogen-bond acceptors (Lipinski definition) is 2. The lowest BCUT2D eigenvalue weighted by Crippen LogP contribution is -2.53. The summed E-state index contributed by atoms with van der Waals surface area (Å²) in [7, 11) is 0. The first-order valence-electron chi connectivity index (χ1n) is 5.70. The van der Waals surface area contributed by atoms with Gasteiger partial charge in [0.1, 0.15) is 5.54 Å². The lowest BCUT2D eigenvalue weighted by molar-refractivity contribution is -0.156. The van der Waals surface area contributed by atoms with Crippen molar-refractivity contribution in [1.29, 1.82) is 0 Å². The number of amides is 1. The highest BCUT2D eigenvalue weighted by Crippen LogP contribution is 2.39. The van der Waals surface area contributed by atoms with E-state index in [2.05, 4.69) is 15.9 Å². The van der Waals surface area contributed by atoms with Crippen molar-refractivity contribution in [3.05, 3.63) is 0 Å². The van der Waals surface area contributed by atoms with Gasteiger partial charge in [-0.15, -0.1) is 0 Å². The first-order valence-corrected chi connectivity index (χ1v) is 6.82. The number of carbonyl (C=O) groups excluding carboxylic acids is 1. The molecule has 1 atom stereocenters. The maximum Gasteiger partial charge on any atom is 0.329 e. The van der Waals surface area contributed by atoms with Crippen LogP contribution in [0.1, 0.15) is 32.1 Å². The van der Waals surface area contributed by atoms with Crippen molar-refractivity contribution in [2.45, 2.75) is 37.6 Å². The minimum Gasteiger partial charge on any atom is -0.479 e. The Hall–Kier alpha value is -0.580. The molecule has 0 aromatic rings. The van der Waals surface area contributed by atoms with Gasteiger partial charge >= 0.3 is 5.97 Å². The Labute approximate surface area is 103 Å². The van der Waals surface area contributed by atoms with Crippen LogP contribution in [-0.2, 0) is 9.59 Å². The second-order valence-corrected chi connectivity index (χ2v) is 5.42. The maximum atomic E-state index is 11.9. The molecule has 5 heteroatoms. The van der Waals surface area contributed by atoms with Crippen molar-refractivity contribution in [3.63, 3.8) is 0 Å². The van der Waals surface area contributed by atoms with E-state index in [4.69, 9.17) is 0 Å². The summed E-state index contributed by atoms with van der Waals surface area (Å²) in [5.41, 5.74) is -0.895. The molecule has 2 rings (SSSR count). The third-order valence-corrected chi connectivity index (χ3v) is 4.68. The predicted octanol–water partition coefficient (Wildman–Crippen LogP) is 1.63. The molecule has 1 saturated heterocycles. The Morgan fingerprint density at radius 3 is 2.56 bits per heavy atom. The van der Waals surface area contributed by atoms with Crippen LogP contribution < -0.4 is 0 Å². The van der Waals surface area contributed by atoms with Gasteiger partial charge in [0.25, 0.3) is 0 Å². The van der Waals surface area contributed by atoms with Crippen molar-refractivity contribution in [2.75, 3.05) is 11.9 Å². The van der Waals surface area contributed by atoms with E-state index in [1.807, 2.05) is 0 Å². The van der Waals surface area contributed by atoms with E-state index < -0.39 is 11.5 Å². The van der Waals surface area contributed by atoms with Crippen molar-refractivity contribution < 1.29 is 14.7 Å². The minimum absolute atomic E-state index is 0.00810. The second kappa shape index (κ2) is 4.35. The molecule has 1 amide bonds. The van der Waals surface area contributed by atoms with E-state index in [-0.39, 0.29) is 11.8 Å². The number of aliphatic carboxylic acids is 1. The number of carboxylic acid groups (broad SMARTS) is 1. The van der Waals surface area contributed by atoms with Gasteiger partial charge in [-0.05, 0) is 18.8 Å². The van der Waals surface area contributed by atoms with Crippen molar-refractivity contribution in [1.82, 2.24) is 4.90 Å². The molecule has 2 aliphatic rings. The summed E-state index contributed by atoms with van der Waals surface area (Å²) in [5, 5.41) is 10.2. The number of carbonyl (C=O) groups is 2. The number of halogens is 1. The van der Waals surface area contributed by atoms with Gasteiger partial charge in [0.05, 0.1) is 0 Å². The summed E-state index contributed by atoms with van der Waals surface area (Å²) in [6, 6.07) is 0. The Bertz CT molecular complexity index is 312. The second-order valence-electron chi connectivity index (χ2n) is 4.77. The zero-order chi connectivity index (χ0) is 11.8. The average molecular weight is 290 g/mol. The topological polar surface area (TPSA) is 57.6 Å². The van der Waals surface area contributed by atoms with Gasteiger partial charge in [-0.25, -0.2) is 4.79 Å². The Morgan fingerprint density at radius 1 is 1.50 bits per heavy atom. The highest BCUT2D eigenvalue weighted by atomic mass is 79.9. The van der Waals surface area contributed by atoms with Crippen LogP contribution in [0.15, 0.2) is 0 Å². The molecule has 16 heavy (non-hydrogen) atoms. The maximum absolute atomic E-state index is 11.9. The Kier molecular flexibility index (Phi) is 3.24. The summed E-state index contributed by atoms with van der Waals surface area (Å²) in [4.78, 5) is 24.9. The third-order valence-electron chi connectivity index (χ3n) is 3.77. The molecule has 0 radical (unpaired) electrons. The van der Waals surface area contributed by atoms with Gasteiger partial charge in [-0.2, -0.15) is 0 Å². The number of nitrogens with zero attached hydrogens (tertiary/aromatic N) is 1. The molecule has 2 fully saturated rings. The highest BCUT2D eigenvalue weighted by molar-refractivity contribution is 9.09. The average Bonchev–Trinajstić information content (AvgIpc) is 2.84. The van der Waals surface area contributed by atoms with Crippen LogP contribution in [0.2, 0.25) is 0 Å². The van der Waals surface area contributed by atoms with Crippen molar-refractivity contribution in [2.24, 2.45) is 5.92 Å². The number of likely N-dealkylation sites (tertiary alicyclic amines) is 1. The largest absolute Gasteiger partial charge is 0.479 e. The fourth-order valence-corrected chi connectivity index (χ4v) is 3.29. The fraction of sp³-hybridized carbons (Fsp3) is 0.818. The van der Waals surface area contributed by atoms with Gasteiger partial charge in [0, 0.05) is 18.3 Å². The molecular formula is C11H16BrNO3. The monoisotopic (exact) mass is 289 g/mol. The van der Waals surface area contributed by atoms with Crippen LogP contribution in [0, 0.1) is 5.92 Å². The summed E-state index contributed by atoms with van der Waals surface area (Å²) in [6.45, 7) is 0.594.